The normalized spacial score (nSPS) is 13.7. The third kappa shape index (κ3) is 4.86. The highest BCUT2D eigenvalue weighted by Gasteiger charge is 2.19. The number of amides is 1. The van der Waals surface area contributed by atoms with Crippen molar-refractivity contribution in [3.05, 3.63) is 26.6 Å². The quantitative estimate of drug-likeness (QED) is 0.567. The number of aromatic amines is 1. The van der Waals surface area contributed by atoms with Crippen molar-refractivity contribution in [2.24, 2.45) is 5.73 Å². The van der Waals surface area contributed by atoms with Gasteiger partial charge in [0.1, 0.15) is 10.7 Å². The van der Waals surface area contributed by atoms with Crippen molar-refractivity contribution >= 4 is 39.2 Å². The highest BCUT2D eigenvalue weighted by Crippen LogP contribution is 2.33. The molecule has 4 N–H and O–H groups in total. The number of rotatable bonds is 9. The van der Waals surface area contributed by atoms with Gasteiger partial charge in [-0.1, -0.05) is 0 Å². The average molecular weight is 395 g/mol. The summed E-state index contributed by atoms with van der Waals surface area (Å²) >= 11 is 3.29. The molecule has 1 aliphatic rings. The average Bonchev–Trinajstić information content (AvgIpc) is 3.01. The minimum atomic E-state index is -0.0114. The summed E-state index contributed by atoms with van der Waals surface area (Å²) in [7, 11) is 0. The van der Waals surface area contributed by atoms with E-state index in [0.717, 1.165) is 42.3 Å². The Morgan fingerprint density at radius 3 is 3.00 bits per heavy atom. The highest BCUT2D eigenvalue weighted by atomic mass is 32.2. The standard InChI is InChI=1S/C18H26N4O2S2/c19-8-3-4-9-20-15(23)7-10-25-11-14-21-17(24)16-12-5-1-2-6-13(12)26-18(16)22-14/h1-11,19H2,(H,20,23)(H,21,22,24). The van der Waals surface area contributed by atoms with E-state index in [9.17, 15) is 9.59 Å². The van der Waals surface area contributed by atoms with Crippen molar-refractivity contribution in [2.45, 2.75) is 50.7 Å². The molecule has 0 spiro atoms. The molecule has 2 heterocycles. The number of aromatic nitrogens is 2. The Morgan fingerprint density at radius 2 is 2.15 bits per heavy atom. The smallest absolute Gasteiger partial charge is 0.259 e. The summed E-state index contributed by atoms with van der Waals surface area (Å²) in [5.41, 5.74) is 6.63. The van der Waals surface area contributed by atoms with Gasteiger partial charge in [0.25, 0.3) is 5.56 Å². The van der Waals surface area contributed by atoms with E-state index in [0.29, 0.717) is 36.8 Å². The lowest BCUT2D eigenvalue weighted by atomic mass is 9.97. The molecule has 0 aliphatic heterocycles. The number of hydrogen-bond donors (Lipinski definition) is 3. The number of carbonyl (C=O) groups is 1. The molecule has 0 saturated carbocycles. The van der Waals surface area contributed by atoms with Crippen LogP contribution in [-0.2, 0) is 23.4 Å². The molecule has 0 fully saturated rings. The number of H-pyrrole nitrogens is 1. The van der Waals surface area contributed by atoms with Crippen LogP contribution in [0.15, 0.2) is 4.79 Å². The fourth-order valence-corrected chi connectivity index (χ4v) is 5.28. The summed E-state index contributed by atoms with van der Waals surface area (Å²) in [4.78, 5) is 34.0. The van der Waals surface area contributed by atoms with Crippen molar-refractivity contribution in [1.82, 2.24) is 15.3 Å². The van der Waals surface area contributed by atoms with Gasteiger partial charge in [-0.2, -0.15) is 11.8 Å². The second kappa shape index (κ2) is 9.53. The van der Waals surface area contributed by atoms with Crippen LogP contribution in [0.25, 0.3) is 10.2 Å². The summed E-state index contributed by atoms with van der Waals surface area (Å²) in [6, 6.07) is 0. The number of nitrogens with two attached hydrogens (primary N) is 1. The third-order valence-electron chi connectivity index (χ3n) is 4.54. The number of thioether (sulfide) groups is 1. The first kappa shape index (κ1) is 19.4. The first-order valence-electron chi connectivity index (χ1n) is 9.27. The lowest BCUT2D eigenvalue weighted by Crippen LogP contribution is -2.25. The molecular weight excluding hydrogens is 368 g/mol. The SMILES string of the molecule is NCCCCNC(=O)CCSCc1nc2sc3c(c2c(=O)[nH]1)CCCC3. The second-order valence-electron chi connectivity index (χ2n) is 6.55. The van der Waals surface area contributed by atoms with E-state index >= 15 is 0 Å². The molecule has 0 atom stereocenters. The molecule has 0 aromatic carbocycles. The van der Waals surface area contributed by atoms with Crippen LogP contribution in [0.3, 0.4) is 0 Å². The van der Waals surface area contributed by atoms with Gasteiger partial charge in [-0.25, -0.2) is 4.98 Å². The van der Waals surface area contributed by atoms with Crippen LogP contribution in [0, 0.1) is 0 Å². The number of unbranched alkanes of at least 4 members (excludes halogenated alkanes) is 1. The van der Waals surface area contributed by atoms with Gasteiger partial charge in [0, 0.05) is 23.6 Å². The summed E-state index contributed by atoms with van der Waals surface area (Å²) in [6.07, 6.45) is 6.76. The molecule has 8 heteroatoms. The molecule has 3 rings (SSSR count). The lowest BCUT2D eigenvalue weighted by molar-refractivity contribution is -0.120. The van der Waals surface area contributed by atoms with Crippen LogP contribution < -0.4 is 16.6 Å². The van der Waals surface area contributed by atoms with Gasteiger partial charge in [0.05, 0.1) is 11.1 Å². The zero-order valence-corrected chi connectivity index (χ0v) is 16.6. The highest BCUT2D eigenvalue weighted by molar-refractivity contribution is 7.98. The largest absolute Gasteiger partial charge is 0.356 e. The number of thiophene rings is 1. The maximum Gasteiger partial charge on any atom is 0.259 e. The van der Waals surface area contributed by atoms with Crippen molar-refractivity contribution in [1.29, 1.82) is 0 Å². The maximum atomic E-state index is 12.5. The molecule has 1 aliphatic carbocycles. The molecule has 1 amide bonds. The molecular formula is C18H26N4O2S2. The van der Waals surface area contributed by atoms with E-state index in [2.05, 4.69) is 15.3 Å². The molecule has 2 aromatic rings. The molecule has 0 bridgehead atoms. The monoisotopic (exact) mass is 394 g/mol. The van der Waals surface area contributed by atoms with E-state index in [1.165, 1.54) is 16.9 Å². The van der Waals surface area contributed by atoms with E-state index in [4.69, 9.17) is 5.73 Å². The van der Waals surface area contributed by atoms with E-state index < -0.39 is 0 Å². The van der Waals surface area contributed by atoms with Crippen molar-refractivity contribution in [3.8, 4) is 0 Å². The zero-order valence-electron chi connectivity index (χ0n) is 14.9. The van der Waals surface area contributed by atoms with Gasteiger partial charge in [0.2, 0.25) is 5.91 Å². The van der Waals surface area contributed by atoms with Crippen LogP contribution in [0.5, 0.6) is 0 Å². The topological polar surface area (TPSA) is 101 Å². The lowest BCUT2D eigenvalue weighted by Gasteiger charge is -2.09. The number of fused-ring (bicyclic) bond motifs is 3. The Kier molecular flexibility index (Phi) is 7.10. The maximum absolute atomic E-state index is 12.5. The molecule has 0 radical (unpaired) electrons. The molecule has 6 nitrogen and oxygen atoms in total. The number of nitrogens with zero attached hydrogens (tertiary/aromatic N) is 1. The van der Waals surface area contributed by atoms with Crippen LogP contribution in [0.1, 0.15) is 48.4 Å². The Labute approximate surface area is 161 Å². The summed E-state index contributed by atoms with van der Waals surface area (Å²) in [5, 5.41) is 3.70. The number of carbonyl (C=O) groups excluding carboxylic acids is 1. The van der Waals surface area contributed by atoms with Crippen LogP contribution in [0.4, 0.5) is 0 Å². The molecule has 0 saturated heterocycles. The van der Waals surface area contributed by atoms with Gasteiger partial charge in [-0.3, -0.25) is 9.59 Å². The van der Waals surface area contributed by atoms with Gasteiger partial charge in [-0.15, -0.1) is 11.3 Å². The summed E-state index contributed by atoms with van der Waals surface area (Å²) in [5.74, 6) is 2.10. The number of nitrogens with one attached hydrogen (secondary N) is 2. The third-order valence-corrected chi connectivity index (χ3v) is 6.70. The van der Waals surface area contributed by atoms with E-state index in [1.54, 1.807) is 23.1 Å². The van der Waals surface area contributed by atoms with E-state index in [-0.39, 0.29) is 11.5 Å². The van der Waals surface area contributed by atoms with Crippen LogP contribution >= 0.6 is 23.1 Å². The molecule has 2 aromatic heterocycles. The number of aryl methyl sites for hydroxylation is 2. The first-order valence-corrected chi connectivity index (χ1v) is 11.2. The number of hydrogen-bond acceptors (Lipinski definition) is 6. The summed E-state index contributed by atoms with van der Waals surface area (Å²) in [6.45, 7) is 1.35. The zero-order chi connectivity index (χ0) is 18.4. The Hall–Kier alpha value is -1.38. The fourth-order valence-electron chi connectivity index (χ4n) is 3.20. The Morgan fingerprint density at radius 1 is 1.31 bits per heavy atom. The van der Waals surface area contributed by atoms with E-state index in [1.807, 2.05) is 0 Å². The predicted octanol–water partition coefficient (Wildman–Crippen LogP) is 2.34. The van der Waals surface area contributed by atoms with Gasteiger partial charge < -0.3 is 16.0 Å². The van der Waals surface area contributed by atoms with Gasteiger partial charge >= 0.3 is 0 Å². The van der Waals surface area contributed by atoms with Crippen LogP contribution in [-0.4, -0.2) is 34.7 Å². The van der Waals surface area contributed by atoms with Crippen molar-refractivity contribution in [3.63, 3.8) is 0 Å². The second-order valence-corrected chi connectivity index (χ2v) is 8.74. The van der Waals surface area contributed by atoms with Crippen LogP contribution in [0.2, 0.25) is 0 Å². The predicted molar refractivity (Wildman–Crippen MR) is 109 cm³/mol. The molecule has 142 valence electrons. The minimum Gasteiger partial charge on any atom is -0.356 e. The molecule has 26 heavy (non-hydrogen) atoms. The van der Waals surface area contributed by atoms with Gasteiger partial charge in [-0.05, 0) is 50.6 Å². The first-order chi connectivity index (χ1) is 12.7. The van der Waals surface area contributed by atoms with Gasteiger partial charge in [0.15, 0.2) is 0 Å². The fraction of sp³-hybridized carbons (Fsp3) is 0.611. The Bertz CT molecular complexity index is 815. The Balaban J connectivity index is 1.50. The van der Waals surface area contributed by atoms with Crippen molar-refractivity contribution < 1.29 is 4.79 Å². The molecule has 0 unspecified atom stereocenters. The van der Waals surface area contributed by atoms with Crippen molar-refractivity contribution in [2.75, 3.05) is 18.8 Å². The summed E-state index contributed by atoms with van der Waals surface area (Å²) < 4.78 is 0. The minimum absolute atomic E-state index is 0.0114.